The Morgan fingerprint density at radius 2 is 1.26 bits per heavy atom. The molecule has 0 N–H and O–H groups in total. The summed E-state index contributed by atoms with van der Waals surface area (Å²) in [6.07, 6.45) is 5.90. The summed E-state index contributed by atoms with van der Waals surface area (Å²) in [5.74, 6) is 0. The van der Waals surface area contributed by atoms with Gasteiger partial charge in [0.25, 0.3) is 0 Å². The van der Waals surface area contributed by atoms with Gasteiger partial charge in [-0.3, -0.25) is 0 Å². The lowest BCUT2D eigenvalue weighted by atomic mass is 9.92. The number of aryl methyl sites for hydroxylation is 2. The van der Waals surface area contributed by atoms with Crippen LogP contribution in [0.5, 0.6) is 0 Å². The van der Waals surface area contributed by atoms with Crippen molar-refractivity contribution in [1.29, 1.82) is 0 Å². The van der Waals surface area contributed by atoms with E-state index in [1.54, 1.807) is 0 Å². The highest BCUT2D eigenvalue weighted by molar-refractivity contribution is 5.83. The zero-order valence-electron chi connectivity index (χ0n) is 24.3. The van der Waals surface area contributed by atoms with E-state index < -0.39 is 0 Å². The average Bonchev–Trinajstić information content (AvgIpc) is 2.79. The minimum atomic E-state index is 0.920. The monoisotopic (exact) mass is 468 g/mol. The van der Waals surface area contributed by atoms with Crippen LogP contribution in [0.15, 0.2) is 46.2 Å². The predicted molar refractivity (Wildman–Crippen MR) is 154 cm³/mol. The second kappa shape index (κ2) is 10.0. The molecule has 186 valence electrons. The van der Waals surface area contributed by atoms with Crippen molar-refractivity contribution in [3.05, 3.63) is 90.7 Å². The molecule has 0 unspecified atom stereocenters. The van der Waals surface area contributed by atoms with E-state index in [0.29, 0.717) is 0 Å². The van der Waals surface area contributed by atoms with Gasteiger partial charge in [0.15, 0.2) is 0 Å². The maximum absolute atomic E-state index is 3.63. The van der Waals surface area contributed by atoms with E-state index >= 15 is 0 Å². The van der Waals surface area contributed by atoms with Gasteiger partial charge in [-0.1, -0.05) is 36.1 Å². The Labute approximate surface area is 214 Å². The standard InChI is InChI=1S/C33H44N2/c1-19-14-32(29(11)26(8)22(19)4)34(13)16-21(3)24(6)25(7)28(10)31-17-35(18-31)33-15-20(2)23(5)27(9)30(33)12/h14-16H,17H2,1-13H3/b21-16?,25-24+,31-28+. The third-order valence-electron chi connectivity index (χ3n) is 8.72. The normalized spacial score (nSPS) is 16.0. The zero-order valence-corrected chi connectivity index (χ0v) is 24.3. The number of hydrogen-bond acceptors (Lipinski definition) is 1. The van der Waals surface area contributed by atoms with Gasteiger partial charge in [-0.2, -0.15) is 0 Å². The summed E-state index contributed by atoms with van der Waals surface area (Å²) >= 11 is 0. The molecule has 2 nitrogen and oxygen atoms in total. The topological polar surface area (TPSA) is 6.25 Å². The highest BCUT2D eigenvalue weighted by Crippen LogP contribution is 2.32. The van der Waals surface area contributed by atoms with Gasteiger partial charge in [0.2, 0.25) is 0 Å². The van der Waals surface area contributed by atoms with Crippen LogP contribution in [0.4, 0.5) is 11.4 Å². The second-order valence-electron chi connectivity index (χ2n) is 10.6. The minimum Gasteiger partial charge on any atom is -0.351 e. The number of benzene rings is 2. The van der Waals surface area contributed by atoms with Gasteiger partial charge in [0.05, 0.1) is 0 Å². The molecule has 2 heteroatoms. The number of rotatable bonds is 5. The molecule has 0 bridgehead atoms. The van der Waals surface area contributed by atoms with Crippen LogP contribution in [-0.2, 0) is 0 Å². The highest BCUT2D eigenvalue weighted by atomic mass is 15.1. The molecule has 2 aromatic rings. The Balaban J connectivity index is 1.91. The lowest BCUT2D eigenvalue weighted by Crippen LogP contribution is -2.26. The molecule has 0 fully saturated rings. The first kappa shape index (κ1) is 26.7. The van der Waals surface area contributed by atoms with Crippen molar-refractivity contribution >= 4 is 17.6 Å². The van der Waals surface area contributed by atoms with Gasteiger partial charge >= 0.3 is 0 Å². The third kappa shape index (κ3) is 4.94. The van der Waals surface area contributed by atoms with Gasteiger partial charge in [-0.15, -0.1) is 5.57 Å². The maximum atomic E-state index is 3.63. The summed E-state index contributed by atoms with van der Waals surface area (Å²) in [6.45, 7) is 27.6. The summed E-state index contributed by atoms with van der Waals surface area (Å²) in [4.78, 5) is 2.28. The molecule has 0 aliphatic carbocycles. The van der Waals surface area contributed by atoms with Gasteiger partial charge in [-0.25, -0.2) is 0 Å². The van der Waals surface area contributed by atoms with Crippen LogP contribution in [0.1, 0.15) is 72.2 Å². The molecule has 0 saturated heterocycles. The van der Waals surface area contributed by atoms with E-state index in [1.165, 1.54) is 83.7 Å². The first-order chi connectivity index (χ1) is 16.3. The molecule has 0 aromatic heterocycles. The lowest BCUT2D eigenvalue weighted by molar-refractivity contribution is -0.445. The van der Waals surface area contributed by atoms with Crippen LogP contribution in [0, 0.1) is 55.4 Å². The Morgan fingerprint density at radius 3 is 1.83 bits per heavy atom. The minimum absolute atomic E-state index is 0.920. The summed E-state index contributed by atoms with van der Waals surface area (Å²) < 4.78 is 2.28. The van der Waals surface area contributed by atoms with Crippen LogP contribution < -0.4 is 4.90 Å². The largest absolute Gasteiger partial charge is 0.351 e. The van der Waals surface area contributed by atoms with Gasteiger partial charge in [-0.05, 0) is 126 Å². The average molecular weight is 469 g/mol. The van der Waals surface area contributed by atoms with Crippen molar-refractivity contribution in [3.8, 4) is 0 Å². The zero-order chi connectivity index (χ0) is 26.4. The Hall–Kier alpha value is -2.87. The molecular weight excluding hydrogens is 424 g/mol. The number of anilines is 1. The summed E-state index contributed by atoms with van der Waals surface area (Å²) in [5, 5.41) is 0. The van der Waals surface area contributed by atoms with E-state index in [1.807, 2.05) is 0 Å². The summed E-state index contributed by atoms with van der Waals surface area (Å²) in [7, 11) is 2.16. The highest BCUT2D eigenvalue weighted by Gasteiger charge is 2.21. The first-order valence-electron chi connectivity index (χ1n) is 12.7. The van der Waals surface area contributed by atoms with Gasteiger partial charge < -0.3 is 9.48 Å². The molecule has 0 amide bonds. The SMILES string of the molecule is CC(=CN(C)c1cc(C)c(C)c(C)c1C)/C(C)=C(C)/C(C)=C1/[C-]=[N+](c2cc(C)c(C)c(C)c2C)C1. The summed E-state index contributed by atoms with van der Waals surface area (Å²) in [6, 6.07) is 4.62. The fraction of sp³-hybridized carbons (Fsp3) is 0.424. The molecule has 0 saturated carbocycles. The van der Waals surface area contributed by atoms with Crippen molar-refractivity contribution in [1.82, 2.24) is 0 Å². The lowest BCUT2D eigenvalue weighted by Gasteiger charge is -2.27. The third-order valence-corrected chi connectivity index (χ3v) is 8.72. The molecule has 1 heterocycles. The van der Waals surface area contributed by atoms with Gasteiger partial charge in [0.1, 0.15) is 18.4 Å². The molecule has 0 radical (unpaired) electrons. The maximum Gasteiger partial charge on any atom is 0.135 e. The van der Waals surface area contributed by atoms with Crippen molar-refractivity contribution in [3.63, 3.8) is 0 Å². The van der Waals surface area contributed by atoms with Crippen molar-refractivity contribution in [2.75, 3.05) is 18.5 Å². The van der Waals surface area contributed by atoms with E-state index in [0.717, 1.165) is 6.54 Å². The predicted octanol–water partition coefficient (Wildman–Crippen LogP) is 8.45. The van der Waals surface area contributed by atoms with Crippen molar-refractivity contribution < 1.29 is 4.58 Å². The molecule has 3 rings (SSSR count). The Kier molecular flexibility index (Phi) is 7.65. The van der Waals surface area contributed by atoms with E-state index in [2.05, 4.69) is 124 Å². The fourth-order valence-electron chi connectivity index (χ4n) is 4.94. The molecule has 2 aromatic carbocycles. The van der Waals surface area contributed by atoms with E-state index in [9.17, 15) is 0 Å². The molecule has 0 atom stereocenters. The van der Waals surface area contributed by atoms with Crippen LogP contribution in [0.3, 0.4) is 0 Å². The smallest absolute Gasteiger partial charge is 0.135 e. The van der Waals surface area contributed by atoms with E-state index in [-0.39, 0.29) is 0 Å². The molecule has 1 aliphatic rings. The summed E-state index contributed by atoms with van der Waals surface area (Å²) in [5.41, 5.74) is 20.2. The molecular formula is C33H44N2. The second-order valence-corrected chi connectivity index (χ2v) is 10.6. The molecule has 35 heavy (non-hydrogen) atoms. The number of hydrogen-bond donors (Lipinski definition) is 0. The fourth-order valence-corrected chi connectivity index (χ4v) is 4.94. The van der Waals surface area contributed by atoms with Gasteiger partial charge in [0, 0.05) is 18.9 Å². The van der Waals surface area contributed by atoms with Crippen LogP contribution >= 0.6 is 0 Å². The quantitative estimate of drug-likeness (QED) is 0.242. The van der Waals surface area contributed by atoms with Crippen molar-refractivity contribution in [2.24, 2.45) is 0 Å². The van der Waals surface area contributed by atoms with Crippen molar-refractivity contribution in [2.45, 2.75) is 83.1 Å². The number of nitrogens with zero attached hydrogens (tertiary/aromatic N) is 2. The van der Waals surface area contributed by atoms with Crippen LogP contribution in [0.25, 0.3) is 0 Å². The van der Waals surface area contributed by atoms with E-state index in [4.69, 9.17) is 0 Å². The first-order valence-corrected chi connectivity index (χ1v) is 12.7. The van der Waals surface area contributed by atoms with Crippen LogP contribution in [-0.4, -0.2) is 24.4 Å². The van der Waals surface area contributed by atoms with Crippen LogP contribution in [0.2, 0.25) is 0 Å². The number of allylic oxidation sites excluding steroid dienone is 4. The molecule has 1 aliphatic heterocycles. The molecule has 0 spiro atoms. The Bertz CT molecular complexity index is 1330. The Morgan fingerprint density at radius 1 is 0.743 bits per heavy atom.